The van der Waals surface area contributed by atoms with Crippen molar-refractivity contribution in [2.45, 2.75) is 0 Å². The fourth-order valence-electron chi connectivity index (χ4n) is 1.73. The molecule has 0 saturated carbocycles. The number of nitrogens with one attached hydrogen (secondary N) is 1. The number of hydrogen-bond acceptors (Lipinski definition) is 4. The van der Waals surface area contributed by atoms with E-state index in [4.69, 9.17) is 14.9 Å². The smallest absolute Gasteiger partial charge is 0.153 e. The number of aromatic nitrogens is 2. The number of methoxy groups -OCH3 is 1. The van der Waals surface area contributed by atoms with Crippen LogP contribution in [0.5, 0.6) is 5.75 Å². The van der Waals surface area contributed by atoms with Crippen molar-refractivity contribution in [1.29, 1.82) is 0 Å². The van der Waals surface area contributed by atoms with E-state index in [2.05, 4.69) is 10.2 Å². The van der Waals surface area contributed by atoms with Gasteiger partial charge >= 0.3 is 0 Å². The molecule has 0 aliphatic rings. The highest BCUT2D eigenvalue weighted by molar-refractivity contribution is 5.83. The number of nitrogens with zero attached hydrogens (tertiary/aromatic N) is 1. The van der Waals surface area contributed by atoms with E-state index >= 15 is 0 Å². The maximum absolute atomic E-state index is 5.70. The largest absolute Gasteiger partial charge is 0.497 e. The Bertz CT molecular complexity index is 669. The van der Waals surface area contributed by atoms with Gasteiger partial charge in [-0.2, -0.15) is 5.10 Å². The number of anilines is 1. The summed E-state index contributed by atoms with van der Waals surface area (Å²) >= 11 is 0. The number of nitrogens with two attached hydrogens (primary N) is 1. The fourth-order valence-corrected chi connectivity index (χ4v) is 1.73. The molecular weight excluding hydrogens is 218 g/mol. The first-order valence-corrected chi connectivity index (χ1v) is 5.15. The molecule has 0 aliphatic heterocycles. The van der Waals surface area contributed by atoms with Crippen LogP contribution in [0.2, 0.25) is 0 Å². The van der Waals surface area contributed by atoms with Crippen LogP contribution in [0.3, 0.4) is 0 Å². The van der Waals surface area contributed by atoms with E-state index in [-0.39, 0.29) is 0 Å². The molecular formula is C12H11N3O2. The predicted molar refractivity (Wildman–Crippen MR) is 64.8 cm³/mol. The van der Waals surface area contributed by atoms with Gasteiger partial charge in [-0.1, -0.05) is 0 Å². The van der Waals surface area contributed by atoms with Crippen LogP contribution in [0.4, 0.5) is 5.82 Å². The third-order valence-corrected chi connectivity index (χ3v) is 2.59. The van der Waals surface area contributed by atoms with Crippen molar-refractivity contribution in [2.24, 2.45) is 0 Å². The topological polar surface area (TPSA) is 77.1 Å². The van der Waals surface area contributed by atoms with E-state index in [1.165, 1.54) is 0 Å². The lowest BCUT2D eigenvalue weighted by Crippen LogP contribution is -1.81. The Labute approximate surface area is 97.2 Å². The van der Waals surface area contributed by atoms with Gasteiger partial charge in [0.05, 0.1) is 7.11 Å². The first-order chi connectivity index (χ1) is 8.26. The Morgan fingerprint density at radius 2 is 2.18 bits per heavy atom. The van der Waals surface area contributed by atoms with Crippen LogP contribution in [0, 0.1) is 0 Å². The van der Waals surface area contributed by atoms with E-state index in [1.807, 2.05) is 24.3 Å². The van der Waals surface area contributed by atoms with E-state index in [1.54, 1.807) is 13.2 Å². The van der Waals surface area contributed by atoms with Crippen molar-refractivity contribution in [1.82, 2.24) is 10.2 Å². The zero-order valence-electron chi connectivity index (χ0n) is 9.23. The van der Waals surface area contributed by atoms with Crippen molar-refractivity contribution in [2.75, 3.05) is 12.8 Å². The molecule has 0 bridgehead atoms. The zero-order chi connectivity index (χ0) is 11.8. The van der Waals surface area contributed by atoms with Gasteiger partial charge in [-0.25, -0.2) is 0 Å². The molecule has 0 aliphatic carbocycles. The number of ether oxygens (including phenoxy) is 1. The summed E-state index contributed by atoms with van der Waals surface area (Å²) in [4.78, 5) is 0. The van der Waals surface area contributed by atoms with Gasteiger partial charge in [0.25, 0.3) is 0 Å². The molecule has 5 nitrogen and oxygen atoms in total. The molecule has 0 radical (unpaired) electrons. The van der Waals surface area contributed by atoms with Crippen molar-refractivity contribution in [3.8, 4) is 17.2 Å². The van der Waals surface area contributed by atoms with E-state index < -0.39 is 0 Å². The number of fused-ring (bicyclic) bond motifs is 1. The van der Waals surface area contributed by atoms with Crippen LogP contribution in [0.25, 0.3) is 22.4 Å². The lowest BCUT2D eigenvalue weighted by molar-refractivity contribution is 0.414. The van der Waals surface area contributed by atoms with Crippen LogP contribution >= 0.6 is 0 Å². The molecule has 3 N–H and O–H groups in total. The SMILES string of the molecule is COc1ccc2cc(-c3cc(N)n[nH]3)oc2c1. The molecule has 2 heterocycles. The van der Waals surface area contributed by atoms with Gasteiger partial charge in [-0.3, -0.25) is 5.10 Å². The Morgan fingerprint density at radius 3 is 2.88 bits per heavy atom. The summed E-state index contributed by atoms with van der Waals surface area (Å²) in [6.07, 6.45) is 0. The van der Waals surface area contributed by atoms with Gasteiger partial charge in [-0.05, 0) is 18.2 Å². The lowest BCUT2D eigenvalue weighted by atomic mass is 10.2. The molecule has 3 aromatic rings. The standard InChI is InChI=1S/C12H11N3O2/c1-16-8-3-2-7-4-11(17-10(7)5-8)9-6-12(13)15-14-9/h2-6H,1H3,(H3,13,14,15). The summed E-state index contributed by atoms with van der Waals surface area (Å²) in [7, 11) is 1.63. The minimum atomic E-state index is 0.443. The molecule has 0 atom stereocenters. The van der Waals surface area contributed by atoms with Gasteiger partial charge in [-0.15, -0.1) is 0 Å². The monoisotopic (exact) mass is 229 g/mol. The molecule has 5 heteroatoms. The number of furan rings is 1. The molecule has 0 saturated heterocycles. The third-order valence-electron chi connectivity index (χ3n) is 2.59. The number of aromatic amines is 1. The maximum Gasteiger partial charge on any atom is 0.153 e. The van der Waals surface area contributed by atoms with Gasteiger partial charge in [0.1, 0.15) is 22.8 Å². The highest BCUT2D eigenvalue weighted by Crippen LogP contribution is 2.29. The summed E-state index contributed by atoms with van der Waals surface area (Å²) in [5, 5.41) is 7.68. The van der Waals surface area contributed by atoms with Gasteiger partial charge in [0.15, 0.2) is 5.76 Å². The minimum Gasteiger partial charge on any atom is -0.497 e. The van der Waals surface area contributed by atoms with Crippen LogP contribution in [0.1, 0.15) is 0 Å². The van der Waals surface area contributed by atoms with E-state index in [0.717, 1.165) is 22.4 Å². The maximum atomic E-state index is 5.70. The minimum absolute atomic E-state index is 0.443. The van der Waals surface area contributed by atoms with Crippen LogP contribution in [-0.4, -0.2) is 17.3 Å². The Hall–Kier alpha value is -2.43. The second-order valence-electron chi connectivity index (χ2n) is 3.72. The lowest BCUT2D eigenvalue weighted by Gasteiger charge is -1.96. The highest BCUT2D eigenvalue weighted by atomic mass is 16.5. The van der Waals surface area contributed by atoms with E-state index in [9.17, 15) is 0 Å². The number of hydrogen-bond donors (Lipinski definition) is 2. The first kappa shape index (κ1) is 9.77. The highest BCUT2D eigenvalue weighted by Gasteiger charge is 2.09. The molecule has 0 unspecified atom stereocenters. The van der Waals surface area contributed by atoms with Crippen molar-refractivity contribution < 1.29 is 9.15 Å². The number of nitrogen functional groups attached to an aromatic ring is 1. The van der Waals surface area contributed by atoms with Crippen molar-refractivity contribution in [3.63, 3.8) is 0 Å². The van der Waals surface area contributed by atoms with Crippen molar-refractivity contribution in [3.05, 3.63) is 30.3 Å². The van der Waals surface area contributed by atoms with Crippen LogP contribution < -0.4 is 10.5 Å². The first-order valence-electron chi connectivity index (χ1n) is 5.15. The molecule has 86 valence electrons. The van der Waals surface area contributed by atoms with Gasteiger partial charge in [0.2, 0.25) is 0 Å². The third kappa shape index (κ3) is 1.61. The zero-order valence-corrected chi connectivity index (χ0v) is 9.23. The van der Waals surface area contributed by atoms with Gasteiger partial charge < -0.3 is 14.9 Å². The molecule has 0 amide bonds. The molecule has 2 aromatic heterocycles. The molecule has 0 fully saturated rings. The number of benzene rings is 1. The molecule has 3 rings (SSSR count). The second-order valence-corrected chi connectivity index (χ2v) is 3.72. The van der Waals surface area contributed by atoms with Gasteiger partial charge in [0, 0.05) is 17.5 Å². The Balaban J connectivity index is 2.13. The normalized spacial score (nSPS) is 10.9. The molecule has 17 heavy (non-hydrogen) atoms. The summed E-state index contributed by atoms with van der Waals surface area (Å²) in [5.74, 6) is 1.91. The summed E-state index contributed by atoms with van der Waals surface area (Å²) < 4.78 is 10.8. The number of rotatable bonds is 2. The predicted octanol–water partition coefficient (Wildman–Crippen LogP) is 2.41. The summed E-state index contributed by atoms with van der Waals surface area (Å²) in [5.41, 5.74) is 7.08. The Morgan fingerprint density at radius 1 is 1.29 bits per heavy atom. The quantitative estimate of drug-likeness (QED) is 0.707. The average Bonchev–Trinajstić information content (AvgIpc) is 2.93. The molecule has 0 spiro atoms. The van der Waals surface area contributed by atoms with Crippen molar-refractivity contribution >= 4 is 16.8 Å². The average molecular weight is 229 g/mol. The van der Waals surface area contributed by atoms with E-state index in [0.29, 0.717) is 11.6 Å². The summed E-state index contributed by atoms with van der Waals surface area (Å²) in [6, 6.07) is 9.35. The second kappa shape index (κ2) is 3.55. The van der Waals surface area contributed by atoms with Crippen LogP contribution in [0.15, 0.2) is 34.7 Å². The van der Waals surface area contributed by atoms with Crippen LogP contribution in [-0.2, 0) is 0 Å². The molecule has 1 aromatic carbocycles. The Kier molecular flexibility index (Phi) is 2.04. The number of H-pyrrole nitrogens is 1. The summed E-state index contributed by atoms with van der Waals surface area (Å²) in [6.45, 7) is 0. The fraction of sp³-hybridized carbons (Fsp3) is 0.0833.